The second kappa shape index (κ2) is 5.37. The first-order valence-electron chi connectivity index (χ1n) is 6.53. The number of hydrogen-bond donors (Lipinski definition) is 1. The Morgan fingerprint density at radius 2 is 2.11 bits per heavy atom. The van der Waals surface area contributed by atoms with Crippen molar-refractivity contribution in [2.75, 3.05) is 11.9 Å². The Labute approximate surface area is 119 Å². The number of pyridine rings is 1. The summed E-state index contributed by atoms with van der Waals surface area (Å²) in [7, 11) is 0. The zero-order valence-electron chi connectivity index (χ0n) is 11.9. The Kier molecular flexibility index (Phi) is 3.99. The van der Waals surface area contributed by atoms with E-state index in [4.69, 9.17) is 11.6 Å². The predicted octanol–water partition coefficient (Wildman–Crippen LogP) is 3.49. The molecule has 2 heterocycles. The average molecular weight is 281 g/mol. The highest BCUT2D eigenvalue weighted by Gasteiger charge is 2.17. The van der Waals surface area contributed by atoms with E-state index in [-0.39, 0.29) is 10.8 Å². The van der Waals surface area contributed by atoms with Gasteiger partial charge >= 0.3 is 0 Å². The summed E-state index contributed by atoms with van der Waals surface area (Å²) in [6.45, 7) is 9.37. The normalized spacial score (nSPS) is 13.7. The fourth-order valence-corrected chi connectivity index (χ4v) is 2.67. The largest absolute Gasteiger partial charge is 0.368 e. The van der Waals surface area contributed by atoms with E-state index in [1.54, 1.807) is 10.8 Å². The molecule has 104 valence electrons. The number of hydrogen-bond acceptors (Lipinski definition) is 3. The lowest BCUT2D eigenvalue weighted by atomic mass is 9.90. The van der Waals surface area contributed by atoms with Crippen LogP contribution in [-0.2, 0) is 0 Å². The van der Waals surface area contributed by atoms with E-state index in [1.165, 1.54) is 0 Å². The molecule has 4 nitrogen and oxygen atoms in total. The summed E-state index contributed by atoms with van der Waals surface area (Å²) in [4.78, 5) is 4.21. The predicted molar refractivity (Wildman–Crippen MR) is 79.9 cm³/mol. The van der Waals surface area contributed by atoms with Crippen molar-refractivity contribution in [3.8, 4) is 0 Å². The van der Waals surface area contributed by atoms with Crippen molar-refractivity contribution >= 4 is 23.1 Å². The van der Waals surface area contributed by atoms with Crippen LogP contribution in [0.2, 0.25) is 0 Å². The van der Waals surface area contributed by atoms with Gasteiger partial charge in [-0.05, 0) is 36.5 Å². The van der Waals surface area contributed by atoms with Gasteiger partial charge < -0.3 is 5.32 Å². The van der Waals surface area contributed by atoms with Crippen molar-refractivity contribution < 1.29 is 0 Å². The first kappa shape index (κ1) is 14.1. The van der Waals surface area contributed by atoms with Crippen LogP contribution in [0.3, 0.4) is 0 Å². The molecule has 0 saturated carbocycles. The summed E-state index contributed by atoms with van der Waals surface area (Å²) < 4.78 is 1.80. The lowest BCUT2D eigenvalue weighted by Crippen LogP contribution is -2.21. The van der Waals surface area contributed by atoms with Gasteiger partial charge in [0.25, 0.3) is 0 Å². The average Bonchev–Trinajstić information content (AvgIpc) is 2.71. The summed E-state index contributed by atoms with van der Waals surface area (Å²) in [5.41, 5.74) is 2.25. The van der Waals surface area contributed by atoms with Gasteiger partial charge in [0.2, 0.25) is 0 Å². The van der Waals surface area contributed by atoms with Crippen LogP contribution in [0.5, 0.6) is 0 Å². The minimum Gasteiger partial charge on any atom is -0.368 e. The van der Waals surface area contributed by atoms with Gasteiger partial charge in [-0.2, -0.15) is 9.61 Å². The molecule has 2 rings (SSSR count). The van der Waals surface area contributed by atoms with Crippen molar-refractivity contribution in [3.05, 3.63) is 24.0 Å². The SMILES string of the molecule is Cc1cc(NCC(Cl)CC(C)(C)C)n2ncnc2c1. The van der Waals surface area contributed by atoms with Crippen LogP contribution in [0.1, 0.15) is 32.8 Å². The minimum absolute atomic E-state index is 0.0964. The second-order valence-electron chi connectivity index (χ2n) is 6.19. The topological polar surface area (TPSA) is 42.2 Å². The molecule has 0 fully saturated rings. The number of nitrogens with one attached hydrogen (secondary N) is 1. The van der Waals surface area contributed by atoms with Gasteiger partial charge in [0.05, 0.1) is 5.38 Å². The number of rotatable bonds is 4. The molecule has 2 aromatic heterocycles. The third-order valence-electron chi connectivity index (χ3n) is 2.86. The maximum Gasteiger partial charge on any atom is 0.157 e. The molecule has 0 spiro atoms. The maximum absolute atomic E-state index is 6.37. The molecule has 19 heavy (non-hydrogen) atoms. The number of fused-ring (bicyclic) bond motifs is 1. The van der Waals surface area contributed by atoms with E-state index >= 15 is 0 Å². The molecule has 0 aliphatic rings. The second-order valence-corrected chi connectivity index (χ2v) is 6.81. The standard InChI is InChI=1S/C14H21ClN4/c1-10-5-12(19-13(6-10)17-9-18-19)16-8-11(15)7-14(2,3)4/h5-6,9,11,16H,7-8H2,1-4H3. The Bertz CT molecular complexity index is 556. The molecule has 5 heteroatoms. The molecule has 0 aromatic carbocycles. The summed E-state index contributed by atoms with van der Waals surface area (Å²) in [6, 6.07) is 4.06. The van der Waals surface area contributed by atoms with Gasteiger partial charge in [-0.1, -0.05) is 20.8 Å². The lowest BCUT2D eigenvalue weighted by Gasteiger charge is -2.22. The molecule has 2 aromatic rings. The van der Waals surface area contributed by atoms with Crippen LogP contribution >= 0.6 is 11.6 Å². The number of anilines is 1. The van der Waals surface area contributed by atoms with Crippen LogP contribution in [0.25, 0.3) is 5.65 Å². The van der Waals surface area contributed by atoms with Gasteiger partial charge in [0, 0.05) is 6.54 Å². The molecule has 0 radical (unpaired) electrons. The number of alkyl halides is 1. The monoisotopic (exact) mass is 280 g/mol. The molecule has 0 amide bonds. The third kappa shape index (κ3) is 3.83. The van der Waals surface area contributed by atoms with Gasteiger partial charge in [0.1, 0.15) is 12.1 Å². The summed E-state index contributed by atoms with van der Waals surface area (Å²) >= 11 is 6.37. The fraction of sp³-hybridized carbons (Fsp3) is 0.571. The summed E-state index contributed by atoms with van der Waals surface area (Å²) in [6.07, 6.45) is 2.53. The van der Waals surface area contributed by atoms with Gasteiger partial charge in [0.15, 0.2) is 5.65 Å². The van der Waals surface area contributed by atoms with Gasteiger partial charge in [-0.15, -0.1) is 11.6 Å². The molecule has 0 aliphatic heterocycles. The van der Waals surface area contributed by atoms with Crippen molar-refractivity contribution in [2.24, 2.45) is 5.41 Å². The van der Waals surface area contributed by atoms with Crippen molar-refractivity contribution in [1.29, 1.82) is 0 Å². The Balaban J connectivity index is 2.07. The van der Waals surface area contributed by atoms with Crippen molar-refractivity contribution in [1.82, 2.24) is 14.6 Å². The molecule has 0 bridgehead atoms. The van der Waals surface area contributed by atoms with Crippen LogP contribution in [0.15, 0.2) is 18.5 Å². The Morgan fingerprint density at radius 1 is 1.37 bits per heavy atom. The highest BCUT2D eigenvalue weighted by molar-refractivity contribution is 6.20. The van der Waals surface area contributed by atoms with E-state index in [2.05, 4.69) is 42.2 Å². The van der Waals surface area contributed by atoms with E-state index in [1.807, 2.05) is 13.0 Å². The van der Waals surface area contributed by atoms with E-state index in [9.17, 15) is 0 Å². The van der Waals surface area contributed by atoms with Gasteiger partial charge in [-0.3, -0.25) is 0 Å². The molecular formula is C14H21ClN4. The molecular weight excluding hydrogens is 260 g/mol. The number of aryl methyl sites for hydroxylation is 1. The number of nitrogens with zero attached hydrogens (tertiary/aromatic N) is 3. The van der Waals surface area contributed by atoms with Crippen LogP contribution in [-0.4, -0.2) is 26.5 Å². The van der Waals surface area contributed by atoms with Crippen molar-refractivity contribution in [2.45, 2.75) is 39.5 Å². The lowest BCUT2D eigenvalue weighted by molar-refractivity contribution is 0.373. The van der Waals surface area contributed by atoms with Gasteiger partial charge in [-0.25, -0.2) is 4.98 Å². The Morgan fingerprint density at radius 3 is 2.79 bits per heavy atom. The first-order valence-corrected chi connectivity index (χ1v) is 6.97. The van der Waals surface area contributed by atoms with E-state index < -0.39 is 0 Å². The van der Waals surface area contributed by atoms with E-state index in [0.29, 0.717) is 0 Å². The number of halogens is 1. The third-order valence-corrected chi connectivity index (χ3v) is 3.17. The molecule has 1 unspecified atom stereocenters. The highest BCUT2D eigenvalue weighted by Crippen LogP contribution is 2.24. The highest BCUT2D eigenvalue weighted by atomic mass is 35.5. The van der Waals surface area contributed by atoms with Crippen LogP contribution < -0.4 is 5.32 Å². The summed E-state index contributed by atoms with van der Waals surface area (Å²) in [5.74, 6) is 0.937. The minimum atomic E-state index is 0.0964. The fourth-order valence-electron chi connectivity index (χ4n) is 2.13. The maximum atomic E-state index is 6.37. The molecule has 1 N–H and O–H groups in total. The molecule has 0 saturated heterocycles. The zero-order valence-corrected chi connectivity index (χ0v) is 12.7. The van der Waals surface area contributed by atoms with Crippen LogP contribution in [0.4, 0.5) is 5.82 Å². The molecule has 0 aliphatic carbocycles. The van der Waals surface area contributed by atoms with E-state index in [0.717, 1.165) is 30.0 Å². The van der Waals surface area contributed by atoms with Crippen LogP contribution in [0, 0.1) is 12.3 Å². The Hall–Kier alpha value is -1.29. The first-order chi connectivity index (χ1) is 8.85. The quantitative estimate of drug-likeness (QED) is 0.872. The smallest absolute Gasteiger partial charge is 0.157 e. The van der Waals surface area contributed by atoms with Crippen molar-refractivity contribution in [3.63, 3.8) is 0 Å². The summed E-state index contributed by atoms with van der Waals surface area (Å²) in [5, 5.41) is 7.67. The molecule has 1 atom stereocenters. The number of aromatic nitrogens is 3. The zero-order chi connectivity index (χ0) is 14.0.